The first-order valence-electron chi connectivity index (χ1n) is 7.46. The van der Waals surface area contributed by atoms with Crippen LogP contribution in [0.15, 0.2) is 0 Å². The van der Waals surface area contributed by atoms with Crippen molar-refractivity contribution in [1.29, 1.82) is 0 Å². The van der Waals surface area contributed by atoms with Crippen LogP contribution in [-0.4, -0.2) is 60.0 Å². The normalized spacial score (nSPS) is 34.0. The molecule has 1 saturated heterocycles. The van der Waals surface area contributed by atoms with E-state index in [-0.39, 0.29) is 5.91 Å². The zero-order valence-corrected chi connectivity index (χ0v) is 12.3. The summed E-state index contributed by atoms with van der Waals surface area (Å²) in [5.74, 6) is 0.387. The van der Waals surface area contributed by atoms with Gasteiger partial charge in [0.25, 0.3) is 0 Å². The van der Waals surface area contributed by atoms with Gasteiger partial charge in [0.2, 0.25) is 5.91 Å². The highest BCUT2D eigenvalue weighted by molar-refractivity contribution is 5.84. The van der Waals surface area contributed by atoms with Gasteiger partial charge < -0.3 is 16.4 Å². The average molecular weight is 268 g/mol. The largest absolute Gasteiger partial charge is 0.368 e. The summed E-state index contributed by atoms with van der Waals surface area (Å²) < 4.78 is 0. The van der Waals surface area contributed by atoms with Gasteiger partial charge in [0.15, 0.2) is 0 Å². The summed E-state index contributed by atoms with van der Waals surface area (Å²) in [4.78, 5) is 16.4. The fourth-order valence-corrected chi connectivity index (χ4v) is 3.41. The molecule has 0 aromatic rings. The van der Waals surface area contributed by atoms with Gasteiger partial charge in [0.1, 0.15) is 0 Å². The van der Waals surface area contributed by atoms with Crippen LogP contribution in [0.3, 0.4) is 0 Å². The molecule has 2 fully saturated rings. The Bertz CT molecular complexity index is 325. The van der Waals surface area contributed by atoms with Crippen molar-refractivity contribution in [1.82, 2.24) is 9.80 Å². The van der Waals surface area contributed by atoms with Crippen molar-refractivity contribution in [3.05, 3.63) is 0 Å². The molecule has 0 bridgehead atoms. The number of carbonyl (C=O) groups is 1. The lowest BCUT2D eigenvalue weighted by atomic mass is 9.98. The minimum atomic E-state index is -0.764. The van der Waals surface area contributed by atoms with E-state index < -0.39 is 5.54 Å². The molecule has 4 N–H and O–H groups in total. The Hall–Kier alpha value is -0.650. The van der Waals surface area contributed by atoms with E-state index in [1.54, 1.807) is 0 Å². The molecule has 5 nitrogen and oxygen atoms in total. The lowest BCUT2D eigenvalue weighted by Crippen LogP contribution is -2.53. The van der Waals surface area contributed by atoms with E-state index in [9.17, 15) is 4.79 Å². The van der Waals surface area contributed by atoms with E-state index in [2.05, 4.69) is 23.6 Å². The minimum absolute atomic E-state index is 0.339. The number of primary amides is 1. The highest BCUT2D eigenvalue weighted by atomic mass is 16.1. The van der Waals surface area contributed by atoms with Crippen LogP contribution < -0.4 is 11.5 Å². The molecule has 0 radical (unpaired) electrons. The summed E-state index contributed by atoms with van der Waals surface area (Å²) in [6.07, 6.45) is 2.47. The van der Waals surface area contributed by atoms with Crippen LogP contribution in [0.5, 0.6) is 0 Å². The Labute approximate surface area is 116 Å². The molecule has 2 atom stereocenters. The maximum absolute atomic E-state index is 11.4. The van der Waals surface area contributed by atoms with E-state index in [4.69, 9.17) is 11.5 Å². The smallest absolute Gasteiger partial charge is 0.237 e. The number of amides is 1. The van der Waals surface area contributed by atoms with Crippen molar-refractivity contribution in [2.75, 3.05) is 32.7 Å². The number of nitrogens with zero attached hydrogens (tertiary/aromatic N) is 2. The molecule has 5 heteroatoms. The minimum Gasteiger partial charge on any atom is -0.368 e. The highest BCUT2D eigenvalue weighted by Gasteiger charge is 2.42. The molecule has 19 heavy (non-hydrogen) atoms. The van der Waals surface area contributed by atoms with Gasteiger partial charge in [-0.1, -0.05) is 13.8 Å². The Morgan fingerprint density at radius 1 is 1.32 bits per heavy atom. The van der Waals surface area contributed by atoms with Crippen LogP contribution in [0.2, 0.25) is 0 Å². The molecular formula is C14H28N4O. The van der Waals surface area contributed by atoms with Crippen LogP contribution in [-0.2, 0) is 4.79 Å². The summed E-state index contributed by atoms with van der Waals surface area (Å²) in [7, 11) is 0. The lowest BCUT2D eigenvalue weighted by Gasteiger charge is -2.39. The van der Waals surface area contributed by atoms with Crippen molar-refractivity contribution in [2.45, 2.75) is 44.7 Å². The zero-order chi connectivity index (χ0) is 14.0. The van der Waals surface area contributed by atoms with E-state index in [0.717, 1.165) is 51.4 Å². The third kappa shape index (κ3) is 3.46. The second-order valence-corrected chi connectivity index (χ2v) is 6.65. The van der Waals surface area contributed by atoms with Crippen LogP contribution in [0.1, 0.15) is 33.1 Å². The van der Waals surface area contributed by atoms with Gasteiger partial charge >= 0.3 is 0 Å². The summed E-state index contributed by atoms with van der Waals surface area (Å²) >= 11 is 0. The molecule has 1 heterocycles. The average Bonchev–Trinajstić information content (AvgIpc) is 2.74. The Morgan fingerprint density at radius 3 is 2.42 bits per heavy atom. The van der Waals surface area contributed by atoms with Crippen molar-refractivity contribution < 1.29 is 4.79 Å². The van der Waals surface area contributed by atoms with E-state index in [0.29, 0.717) is 6.04 Å². The molecule has 1 aliphatic carbocycles. The van der Waals surface area contributed by atoms with Gasteiger partial charge in [0.05, 0.1) is 5.54 Å². The first-order valence-corrected chi connectivity index (χ1v) is 7.46. The second kappa shape index (κ2) is 5.77. The SMILES string of the molecule is CC(C)CN1CCN(C2CCC(N)(C(N)=O)C2)CC1. The molecule has 2 unspecified atom stereocenters. The molecule has 110 valence electrons. The summed E-state index contributed by atoms with van der Waals surface area (Å²) in [5, 5.41) is 0. The van der Waals surface area contributed by atoms with Crippen LogP contribution in [0, 0.1) is 5.92 Å². The van der Waals surface area contributed by atoms with Crippen LogP contribution in [0.4, 0.5) is 0 Å². The molecule has 0 aromatic heterocycles. The molecule has 0 spiro atoms. The molecule has 1 saturated carbocycles. The molecule has 2 aliphatic rings. The predicted molar refractivity (Wildman–Crippen MR) is 76.6 cm³/mol. The van der Waals surface area contributed by atoms with E-state index in [1.165, 1.54) is 6.54 Å². The quantitative estimate of drug-likeness (QED) is 0.752. The van der Waals surface area contributed by atoms with Gasteiger partial charge in [-0.15, -0.1) is 0 Å². The fourth-order valence-electron chi connectivity index (χ4n) is 3.41. The predicted octanol–water partition coefficient (Wildman–Crippen LogP) is -0.00470. The summed E-state index contributed by atoms with van der Waals surface area (Å²) in [6.45, 7) is 10.1. The van der Waals surface area contributed by atoms with Crippen molar-refractivity contribution >= 4 is 5.91 Å². The monoisotopic (exact) mass is 268 g/mol. The van der Waals surface area contributed by atoms with E-state index >= 15 is 0 Å². The van der Waals surface area contributed by atoms with Crippen molar-refractivity contribution in [3.63, 3.8) is 0 Å². The Morgan fingerprint density at radius 2 is 1.95 bits per heavy atom. The van der Waals surface area contributed by atoms with Gasteiger partial charge in [-0.05, 0) is 25.2 Å². The number of hydrogen-bond acceptors (Lipinski definition) is 4. The first-order chi connectivity index (χ1) is 8.90. The first kappa shape index (κ1) is 14.8. The molecule has 2 rings (SSSR count). The third-order valence-corrected chi connectivity index (χ3v) is 4.56. The highest BCUT2D eigenvalue weighted by Crippen LogP contribution is 2.31. The van der Waals surface area contributed by atoms with Gasteiger partial charge in [-0.3, -0.25) is 9.69 Å². The lowest BCUT2D eigenvalue weighted by molar-refractivity contribution is -0.123. The molecular weight excluding hydrogens is 240 g/mol. The standard InChI is InChI=1S/C14H28N4O/c1-11(2)10-17-5-7-18(8-6-17)12-3-4-14(16,9-12)13(15)19/h11-12H,3-10,16H2,1-2H3,(H2,15,19). The number of carbonyl (C=O) groups excluding carboxylic acids is 1. The fraction of sp³-hybridized carbons (Fsp3) is 0.929. The number of nitrogens with two attached hydrogens (primary N) is 2. The number of rotatable bonds is 4. The van der Waals surface area contributed by atoms with Gasteiger partial charge in [-0.2, -0.15) is 0 Å². The maximum Gasteiger partial charge on any atom is 0.237 e. The van der Waals surface area contributed by atoms with Crippen molar-refractivity contribution in [2.24, 2.45) is 17.4 Å². The second-order valence-electron chi connectivity index (χ2n) is 6.65. The van der Waals surface area contributed by atoms with Gasteiger partial charge in [-0.25, -0.2) is 0 Å². The zero-order valence-electron chi connectivity index (χ0n) is 12.3. The molecule has 1 amide bonds. The summed E-state index contributed by atoms with van der Waals surface area (Å²) in [6, 6.07) is 0.443. The topological polar surface area (TPSA) is 75.6 Å². The number of hydrogen-bond donors (Lipinski definition) is 2. The van der Waals surface area contributed by atoms with Gasteiger partial charge in [0, 0.05) is 38.8 Å². The third-order valence-electron chi connectivity index (χ3n) is 4.56. The summed E-state index contributed by atoms with van der Waals surface area (Å²) in [5.41, 5.74) is 10.7. The Balaban J connectivity index is 1.81. The Kier molecular flexibility index (Phi) is 4.48. The molecule has 0 aromatic carbocycles. The maximum atomic E-state index is 11.4. The number of piperazine rings is 1. The molecule has 1 aliphatic heterocycles. The van der Waals surface area contributed by atoms with Crippen molar-refractivity contribution in [3.8, 4) is 0 Å². The van der Waals surface area contributed by atoms with Crippen LogP contribution >= 0.6 is 0 Å². The van der Waals surface area contributed by atoms with Crippen LogP contribution in [0.25, 0.3) is 0 Å². The van der Waals surface area contributed by atoms with E-state index in [1.807, 2.05) is 0 Å².